The van der Waals surface area contributed by atoms with Crippen LogP contribution in [0.15, 0.2) is 0 Å². The first-order valence-electron chi connectivity index (χ1n) is 7.06. The molecule has 1 aromatic heterocycles. The van der Waals surface area contributed by atoms with E-state index in [4.69, 9.17) is 4.74 Å². The van der Waals surface area contributed by atoms with Gasteiger partial charge in [0.15, 0.2) is 0 Å². The number of nitrogens with one attached hydrogen (secondary N) is 1. The normalized spacial score (nSPS) is 26.1. The van der Waals surface area contributed by atoms with Crippen molar-refractivity contribution in [1.82, 2.24) is 15.0 Å². The van der Waals surface area contributed by atoms with Gasteiger partial charge in [0, 0.05) is 19.6 Å². The van der Waals surface area contributed by atoms with E-state index in [1.807, 2.05) is 7.05 Å². The molecule has 1 aromatic rings. The lowest BCUT2D eigenvalue weighted by Gasteiger charge is -2.31. The van der Waals surface area contributed by atoms with Crippen LogP contribution in [0.25, 0.3) is 0 Å². The Kier molecular flexibility index (Phi) is 3.40. The summed E-state index contributed by atoms with van der Waals surface area (Å²) < 4.78 is 5.16. The lowest BCUT2D eigenvalue weighted by atomic mass is 9.85. The zero-order valence-corrected chi connectivity index (χ0v) is 11.6. The molecule has 3 rings (SSSR count). The first-order chi connectivity index (χ1) is 9.31. The standard InChI is InChI=1S/C13H21N5O/c1-14-11-15-12(17-13(16-11)19-2)18-8-7-9-5-3-4-6-10(9)18/h9-10H,3-8H2,1-2H3,(H,14,15,16,17). The van der Waals surface area contributed by atoms with Gasteiger partial charge in [-0.05, 0) is 25.2 Å². The molecule has 0 radical (unpaired) electrons. The predicted octanol–water partition coefficient (Wildman–Crippen LogP) is 1.69. The Morgan fingerprint density at radius 3 is 2.79 bits per heavy atom. The van der Waals surface area contributed by atoms with E-state index in [1.165, 1.54) is 32.1 Å². The maximum absolute atomic E-state index is 5.16. The van der Waals surface area contributed by atoms with E-state index in [0.29, 0.717) is 18.0 Å². The number of anilines is 2. The number of aromatic nitrogens is 3. The fraction of sp³-hybridized carbons (Fsp3) is 0.769. The van der Waals surface area contributed by atoms with Crippen molar-refractivity contribution < 1.29 is 4.74 Å². The fourth-order valence-corrected chi connectivity index (χ4v) is 3.33. The molecule has 1 aliphatic carbocycles. The van der Waals surface area contributed by atoms with Gasteiger partial charge < -0.3 is 15.0 Å². The Morgan fingerprint density at radius 1 is 1.16 bits per heavy atom. The molecule has 1 saturated carbocycles. The summed E-state index contributed by atoms with van der Waals surface area (Å²) in [5, 5.41) is 2.97. The smallest absolute Gasteiger partial charge is 0.322 e. The van der Waals surface area contributed by atoms with E-state index in [1.54, 1.807) is 7.11 Å². The molecule has 0 bridgehead atoms. The maximum Gasteiger partial charge on any atom is 0.322 e. The van der Waals surface area contributed by atoms with Gasteiger partial charge in [-0.1, -0.05) is 12.8 Å². The maximum atomic E-state index is 5.16. The van der Waals surface area contributed by atoms with Crippen LogP contribution in [0.5, 0.6) is 6.01 Å². The quantitative estimate of drug-likeness (QED) is 0.895. The molecule has 0 spiro atoms. The minimum atomic E-state index is 0.383. The topological polar surface area (TPSA) is 63.2 Å². The van der Waals surface area contributed by atoms with E-state index in [2.05, 4.69) is 25.2 Å². The van der Waals surface area contributed by atoms with Gasteiger partial charge in [-0.15, -0.1) is 0 Å². The number of ether oxygens (including phenoxy) is 1. The van der Waals surface area contributed by atoms with Gasteiger partial charge in [0.25, 0.3) is 0 Å². The van der Waals surface area contributed by atoms with Gasteiger partial charge in [-0.3, -0.25) is 0 Å². The van der Waals surface area contributed by atoms with Crippen molar-refractivity contribution >= 4 is 11.9 Å². The molecule has 19 heavy (non-hydrogen) atoms. The van der Waals surface area contributed by atoms with E-state index >= 15 is 0 Å². The molecule has 2 atom stereocenters. The van der Waals surface area contributed by atoms with Gasteiger partial charge in [-0.25, -0.2) is 0 Å². The third-order valence-electron chi connectivity index (χ3n) is 4.28. The summed E-state index contributed by atoms with van der Waals surface area (Å²) in [5.74, 6) is 2.14. The van der Waals surface area contributed by atoms with Crippen LogP contribution in [-0.4, -0.2) is 41.7 Å². The third-order valence-corrected chi connectivity index (χ3v) is 4.28. The lowest BCUT2D eigenvalue weighted by molar-refractivity contribution is 0.339. The van der Waals surface area contributed by atoms with Crippen LogP contribution in [0.2, 0.25) is 0 Å². The van der Waals surface area contributed by atoms with Crippen molar-refractivity contribution in [1.29, 1.82) is 0 Å². The van der Waals surface area contributed by atoms with Gasteiger partial charge in [-0.2, -0.15) is 15.0 Å². The van der Waals surface area contributed by atoms with E-state index < -0.39 is 0 Å². The van der Waals surface area contributed by atoms with Crippen LogP contribution in [0, 0.1) is 5.92 Å². The number of methoxy groups -OCH3 is 1. The molecule has 0 aromatic carbocycles. The van der Waals surface area contributed by atoms with Crippen molar-refractivity contribution in [2.75, 3.05) is 30.9 Å². The van der Waals surface area contributed by atoms with Crippen LogP contribution in [0.3, 0.4) is 0 Å². The minimum Gasteiger partial charge on any atom is -0.467 e. The highest BCUT2D eigenvalue weighted by atomic mass is 16.5. The summed E-state index contributed by atoms with van der Waals surface area (Å²) >= 11 is 0. The van der Waals surface area contributed by atoms with Gasteiger partial charge >= 0.3 is 6.01 Å². The first-order valence-corrected chi connectivity index (χ1v) is 7.06. The second kappa shape index (κ2) is 5.19. The molecule has 6 heteroatoms. The van der Waals surface area contributed by atoms with Crippen LogP contribution in [-0.2, 0) is 0 Å². The molecule has 104 valence electrons. The van der Waals surface area contributed by atoms with Crippen LogP contribution in [0.4, 0.5) is 11.9 Å². The second-order valence-electron chi connectivity index (χ2n) is 5.29. The SMILES string of the molecule is CNc1nc(OC)nc(N2CCC3CCCCC32)n1. The second-order valence-corrected chi connectivity index (χ2v) is 5.29. The van der Waals surface area contributed by atoms with E-state index in [-0.39, 0.29) is 0 Å². The summed E-state index contributed by atoms with van der Waals surface area (Å²) in [7, 11) is 3.40. The molecule has 6 nitrogen and oxygen atoms in total. The first kappa shape index (κ1) is 12.4. The summed E-state index contributed by atoms with van der Waals surface area (Å²) in [6.07, 6.45) is 6.55. The summed E-state index contributed by atoms with van der Waals surface area (Å²) in [4.78, 5) is 15.4. The molecule has 0 amide bonds. The number of rotatable bonds is 3. The molecule has 1 N–H and O–H groups in total. The molecule has 1 saturated heterocycles. The minimum absolute atomic E-state index is 0.383. The van der Waals surface area contributed by atoms with Crippen molar-refractivity contribution in [3.05, 3.63) is 0 Å². The Bertz CT molecular complexity index is 430. The highest BCUT2D eigenvalue weighted by Gasteiger charge is 2.37. The third kappa shape index (κ3) is 2.31. The highest BCUT2D eigenvalue weighted by Crippen LogP contribution is 2.38. The van der Waals surface area contributed by atoms with Gasteiger partial charge in [0.05, 0.1) is 7.11 Å². The predicted molar refractivity (Wildman–Crippen MR) is 73.6 cm³/mol. The Labute approximate surface area is 113 Å². The zero-order valence-electron chi connectivity index (χ0n) is 11.6. The van der Waals surface area contributed by atoms with Crippen LogP contribution >= 0.6 is 0 Å². The monoisotopic (exact) mass is 263 g/mol. The number of hydrogen-bond acceptors (Lipinski definition) is 6. The fourth-order valence-electron chi connectivity index (χ4n) is 3.33. The molecular weight excluding hydrogens is 242 g/mol. The van der Waals surface area contributed by atoms with Crippen molar-refractivity contribution in [3.63, 3.8) is 0 Å². The average molecular weight is 263 g/mol. The Balaban J connectivity index is 1.88. The largest absolute Gasteiger partial charge is 0.467 e. The van der Waals surface area contributed by atoms with Crippen LogP contribution < -0.4 is 15.0 Å². The van der Waals surface area contributed by atoms with Crippen molar-refractivity contribution in [2.45, 2.75) is 38.1 Å². The molecule has 2 fully saturated rings. The lowest BCUT2D eigenvalue weighted by Crippen LogP contribution is -2.36. The Hall–Kier alpha value is -1.59. The molecule has 2 heterocycles. The average Bonchev–Trinajstić information content (AvgIpc) is 2.90. The van der Waals surface area contributed by atoms with Gasteiger partial charge in [0.2, 0.25) is 11.9 Å². The number of hydrogen-bond donors (Lipinski definition) is 1. The summed E-state index contributed by atoms with van der Waals surface area (Å²) in [6, 6.07) is 0.985. The van der Waals surface area contributed by atoms with Gasteiger partial charge in [0.1, 0.15) is 0 Å². The number of fused-ring (bicyclic) bond motifs is 1. The molecular formula is C13H21N5O. The van der Waals surface area contributed by atoms with Crippen molar-refractivity contribution in [2.24, 2.45) is 5.92 Å². The van der Waals surface area contributed by atoms with Crippen LogP contribution in [0.1, 0.15) is 32.1 Å². The number of nitrogens with zero attached hydrogens (tertiary/aromatic N) is 4. The summed E-state index contributed by atoms with van der Waals surface area (Å²) in [6.45, 7) is 1.05. The van der Waals surface area contributed by atoms with Crippen molar-refractivity contribution in [3.8, 4) is 6.01 Å². The Morgan fingerprint density at radius 2 is 2.00 bits per heavy atom. The van der Waals surface area contributed by atoms with E-state index in [0.717, 1.165) is 18.4 Å². The zero-order chi connectivity index (χ0) is 13.2. The molecule has 2 unspecified atom stereocenters. The van der Waals surface area contributed by atoms with E-state index in [9.17, 15) is 0 Å². The molecule has 1 aliphatic heterocycles. The molecule has 2 aliphatic rings. The summed E-state index contributed by atoms with van der Waals surface area (Å²) in [5.41, 5.74) is 0. The highest BCUT2D eigenvalue weighted by molar-refractivity contribution is 5.40.